The second-order valence-corrected chi connectivity index (χ2v) is 14.0. The Labute approximate surface area is 266 Å². The molecule has 1 saturated heterocycles. The maximum absolute atomic E-state index is 14.1. The molecule has 5 aliphatic rings. The van der Waals surface area contributed by atoms with Gasteiger partial charge in [-0.2, -0.15) is 0 Å². The van der Waals surface area contributed by atoms with Crippen LogP contribution in [0.3, 0.4) is 0 Å². The zero-order chi connectivity index (χ0) is 31.0. The van der Waals surface area contributed by atoms with Crippen molar-refractivity contribution in [2.75, 3.05) is 0 Å². The zero-order valence-corrected chi connectivity index (χ0v) is 26.2. The molecule has 8 rings (SSSR count). The normalized spacial score (nSPS) is 26.0. The number of rotatable bonds is 11. The standard InChI is InChI=1S/C37H43BN2O5/c1-37(2)27-22-30(37)34-32(23-27)44-38(45-34)33(20-25-13-9-14-25)40-36(42)31(19-24-11-5-3-6-12-24)39-35(41)26-15-10-18-29(21-26)43-28-16-7-4-8-17-28/h3-8,10-12,15-18,21,25,27,30-34H,9,13-14,19-20,22-23H2,1-2H3,(H,39,41)(H,40,42)/t27-,30?,31-,32+,33-,34?/m0/s1. The lowest BCUT2D eigenvalue weighted by molar-refractivity contribution is -0.150. The highest BCUT2D eigenvalue weighted by atomic mass is 16.7. The van der Waals surface area contributed by atoms with E-state index in [4.69, 9.17) is 14.0 Å². The number of amides is 2. The van der Waals surface area contributed by atoms with Crippen LogP contribution in [0.2, 0.25) is 0 Å². The fourth-order valence-electron chi connectivity index (χ4n) is 7.79. The molecule has 1 aliphatic heterocycles. The van der Waals surface area contributed by atoms with Gasteiger partial charge in [-0.05, 0) is 78.3 Å². The number of nitrogens with one attached hydrogen (secondary N) is 2. The third-order valence-corrected chi connectivity index (χ3v) is 10.9. The van der Waals surface area contributed by atoms with E-state index >= 15 is 0 Å². The lowest BCUT2D eigenvalue weighted by atomic mass is 9.47. The van der Waals surface area contributed by atoms with Crippen LogP contribution in [0.4, 0.5) is 0 Å². The molecule has 4 aliphatic carbocycles. The first-order chi connectivity index (χ1) is 21.8. The van der Waals surface area contributed by atoms with Gasteiger partial charge in [0.15, 0.2) is 0 Å². The van der Waals surface area contributed by atoms with Crippen molar-refractivity contribution in [2.24, 2.45) is 23.2 Å². The van der Waals surface area contributed by atoms with Gasteiger partial charge in [-0.3, -0.25) is 9.59 Å². The summed E-state index contributed by atoms with van der Waals surface area (Å²) >= 11 is 0. The van der Waals surface area contributed by atoms with Gasteiger partial charge in [0.05, 0.1) is 18.1 Å². The van der Waals surface area contributed by atoms with Gasteiger partial charge in [0.25, 0.3) is 5.91 Å². The van der Waals surface area contributed by atoms with E-state index < -0.39 is 13.2 Å². The van der Waals surface area contributed by atoms with Crippen molar-refractivity contribution in [3.8, 4) is 11.5 Å². The smallest absolute Gasteiger partial charge is 0.457 e. The highest BCUT2D eigenvalue weighted by molar-refractivity contribution is 6.47. The predicted octanol–water partition coefficient (Wildman–Crippen LogP) is 6.37. The Morgan fingerprint density at radius 2 is 1.64 bits per heavy atom. The van der Waals surface area contributed by atoms with Crippen LogP contribution in [0.1, 0.15) is 68.3 Å². The molecule has 7 nitrogen and oxygen atoms in total. The lowest BCUT2D eigenvalue weighted by Crippen LogP contribution is -2.59. The average Bonchev–Trinajstić information content (AvgIpc) is 3.47. The van der Waals surface area contributed by atoms with Crippen LogP contribution in [0, 0.1) is 23.2 Å². The van der Waals surface area contributed by atoms with Crippen molar-refractivity contribution in [1.82, 2.24) is 10.6 Å². The summed E-state index contributed by atoms with van der Waals surface area (Å²) in [5.74, 6) is 2.13. The summed E-state index contributed by atoms with van der Waals surface area (Å²) in [6.45, 7) is 4.71. The molecule has 0 aromatic heterocycles. The quantitative estimate of drug-likeness (QED) is 0.248. The van der Waals surface area contributed by atoms with Crippen LogP contribution in [0.5, 0.6) is 11.5 Å². The molecule has 0 spiro atoms. The van der Waals surface area contributed by atoms with Crippen molar-refractivity contribution in [3.63, 3.8) is 0 Å². The molecule has 2 bridgehead atoms. The minimum absolute atomic E-state index is 0.0843. The second kappa shape index (κ2) is 12.6. The Morgan fingerprint density at radius 3 is 2.36 bits per heavy atom. The molecule has 3 aromatic carbocycles. The van der Waals surface area contributed by atoms with Gasteiger partial charge in [0.2, 0.25) is 5.91 Å². The molecule has 234 valence electrons. The molecule has 8 heteroatoms. The number of hydrogen-bond donors (Lipinski definition) is 2. The molecule has 4 saturated carbocycles. The summed E-state index contributed by atoms with van der Waals surface area (Å²) < 4.78 is 19.2. The third kappa shape index (κ3) is 6.41. The van der Waals surface area contributed by atoms with Gasteiger partial charge in [0, 0.05) is 12.0 Å². The maximum Gasteiger partial charge on any atom is 0.481 e. The molecule has 45 heavy (non-hydrogen) atoms. The van der Waals surface area contributed by atoms with E-state index in [-0.39, 0.29) is 35.4 Å². The SMILES string of the molecule is CC1(C)C2C[C@H]1C[C@H]1OB([C@H](CC3CCC3)NC(=O)[C@H](Cc3ccccc3)NC(=O)c3cccc(Oc4ccccc4)c3)OC21. The number of carbonyl (C=O) groups is 2. The van der Waals surface area contributed by atoms with Crippen molar-refractivity contribution in [2.45, 2.75) is 83.0 Å². The summed E-state index contributed by atoms with van der Waals surface area (Å²) in [7, 11) is -0.473. The Hall–Kier alpha value is -3.62. The van der Waals surface area contributed by atoms with Crippen molar-refractivity contribution >= 4 is 18.9 Å². The Morgan fingerprint density at radius 1 is 0.911 bits per heavy atom. The van der Waals surface area contributed by atoms with Crippen LogP contribution >= 0.6 is 0 Å². The van der Waals surface area contributed by atoms with Crippen LogP contribution in [-0.4, -0.2) is 43.1 Å². The third-order valence-electron chi connectivity index (χ3n) is 10.9. The van der Waals surface area contributed by atoms with Crippen LogP contribution in [0.15, 0.2) is 84.9 Å². The molecule has 1 heterocycles. The first-order valence-corrected chi connectivity index (χ1v) is 16.6. The van der Waals surface area contributed by atoms with Crippen LogP contribution in [-0.2, 0) is 20.5 Å². The van der Waals surface area contributed by atoms with Gasteiger partial charge >= 0.3 is 7.12 Å². The highest BCUT2D eigenvalue weighted by Gasteiger charge is 2.63. The first-order valence-electron chi connectivity index (χ1n) is 16.6. The first kappa shape index (κ1) is 30.1. The predicted molar refractivity (Wildman–Crippen MR) is 174 cm³/mol. The highest BCUT2D eigenvalue weighted by Crippen LogP contribution is 2.61. The Kier molecular flexibility index (Phi) is 8.45. The number of para-hydroxylation sites is 1. The number of ether oxygens (including phenoxy) is 1. The maximum atomic E-state index is 14.1. The minimum Gasteiger partial charge on any atom is -0.457 e. The van der Waals surface area contributed by atoms with E-state index in [1.807, 2.05) is 66.7 Å². The largest absolute Gasteiger partial charge is 0.481 e. The van der Waals surface area contributed by atoms with E-state index in [0.29, 0.717) is 41.2 Å². The molecule has 3 aromatic rings. The zero-order valence-electron chi connectivity index (χ0n) is 26.2. The topological polar surface area (TPSA) is 85.9 Å². The van der Waals surface area contributed by atoms with Gasteiger partial charge in [0.1, 0.15) is 17.5 Å². The van der Waals surface area contributed by atoms with Crippen LogP contribution in [0.25, 0.3) is 0 Å². The van der Waals surface area contributed by atoms with E-state index in [1.54, 1.807) is 18.2 Å². The summed E-state index contributed by atoms with van der Waals surface area (Å²) in [5, 5.41) is 6.35. The number of hydrogen-bond acceptors (Lipinski definition) is 5. The van der Waals surface area contributed by atoms with Crippen molar-refractivity contribution in [1.29, 1.82) is 0 Å². The number of carbonyl (C=O) groups excluding carboxylic acids is 2. The molecule has 6 atom stereocenters. The fraction of sp³-hybridized carbons (Fsp3) is 0.459. The molecule has 0 radical (unpaired) electrons. The Bertz CT molecular complexity index is 1500. The summed E-state index contributed by atoms with van der Waals surface area (Å²) in [6.07, 6.45) is 7.13. The van der Waals surface area contributed by atoms with E-state index in [2.05, 4.69) is 24.5 Å². The van der Waals surface area contributed by atoms with E-state index in [9.17, 15) is 9.59 Å². The van der Waals surface area contributed by atoms with E-state index in [0.717, 1.165) is 31.2 Å². The number of benzene rings is 3. The van der Waals surface area contributed by atoms with Gasteiger partial charge in [-0.1, -0.05) is 87.7 Å². The fourth-order valence-corrected chi connectivity index (χ4v) is 7.79. The molecular formula is C37H43BN2O5. The summed E-state index contributed by atoms with van der Waals surface area (Å²) in [4.78, 5) is 27.7. The van der Waals surface area contributed by atoms with Gasteiger partial charge in [-0.15, -0.1) is 0 Å². The molecular weight excluding hydrogens is 563 g/mol. The summed E-state index contributed by atoms with van der Waals surface area (Å²) in [6, 6.07) is 25.5. The van der Waals surface area contributed by atoms with Crippen molar-refractivity contribution in [3.05, 3.63) is 96.1 Å². The molecule has 2 unspecified atom stereocenters. The Balaban J connectivity index is 1.08. The minimum atomic E-state index is -0.780. The van der Waals surface area contributed by atoms with Gasteiger partial charge < -0.3 is 24.7 Å². The molecule has 2 amide bonds. The average molecular weight is 607 g/mol. The lowest BCUT2D eigenvalue weighted by Gasteiger charge is -2.60. The monoisotopic (exact) mass is 606 g/mol. The van der Waals surface area contributed by atoms with Crippen molar-refractivity contribution < 1.29 is 23.6 Å². The summed E-state index contributed by atoms with van der Waals surface area (Å²) in [5.41, 5.74) is 1.67. The van der Waals surface area contributed by atoms with E-state index in [1.165, 1.54) is 12.8 Å². The van der Waals surface area contributed by atoms with Crippen LogP contribution < -0.4 is 15.4 Å². The molecule has 2 N–H and O–H groups in total. The van der Waals surface area contributed by atoms with Gasteiger partial charge in [-0.25, -0.2) is 0 Å². The molecule has 5 fully saturated rings. The second-order valence-electron chi connectivity index (χ2n) is 14.0.